The molecule has 0 spiro atoms. The van der Waals surface area contributed by atoms with Crippen molar-refractivity contribution < 1.29 is 75.7 Å². The van der Waals surface area contributed by atoms with E-state index in [0.29, 0.717) is 35.7 Å². The number of phosphoric ester groups is 3. The molecule has 2 aliphatic heterocycles. The highest BCUT2D eigenvalue weighted by Crippen LogP contribution is 2.61. The number of nitrogens with two attached hydrogens (primary N) is 1. The van der Waals surface area contributed by atoms with Gasteiger partial charge in [0.05, 0.1) is 25.6 Å². The molecule has 26 heteroatoms. The van der Waals surface area contributed by atoms with E-state index in [1.807, 2.05) is 6.92 Å². The van der Waals surface area contributed by atoms with Crippen molar-refractivity contribution >= 4 is 65.1 Å². The first-order chi connectivity index (χ1) is 23.1. The Labute approximate surface area is 292 Å². The molecule has 0 aliphatic carbocycles. The summed E-state index contributed by atoms with van der Waals surface area (Å²) < 4.78 is 61.3. The highest BCUT2D eigenvalue weighted by atomic mass is 32.1. The van der Waals surface area contributed by atoms with Crippen molar-refractivity contribution in [1.29, 1.82) is 0 Å². The Morgan fingerprint density at radius 3 is 2.46 bits per heavy atom. The molecule has 1 saturated heterocycles. The third-order valence-electron chi connectivity index (χ3n) is 7.41. The van der Waals surface area contributed by atoms with E-state index in [1.54, 1.807) is 0 Å². The molecule has 286 valence electrons. The summed E-state index contributed by atoms with van der Waals surface area (Å²) in [4.78, 5) is 68.9. The highest BCUT2D eigenvalue weighted by molar-refractivity contribution is 7.80. The molecule has 11 N–H and O–H groups in total. The number of nitrogen functional groups attached to an aromatic ring is 1. The number of amides is 2. The van der Waals surface area contributed by atoms with Crippen LogP contribution in [0.2, 0.25) is 0 Å². The number of anilines is 3. The lowest BCUT2D eigenvalue weighted by atomic mass is 9.87. The van der Waals surface area contributed by atoms with E-state index in [-0.39, 0.29) is 31.4 Å². The van der Waals surface area contributed by atoms with Crippen LogP contribution in [0.5, 0.6) is 0 Å². The number of nitrogens with zero attached hydrogens (tertiary/aromatic N) is 2. The van der Waals surface area contributed by atoms with Crippen LogP contribution < -0.4 is 26.6 Å². The van der Waals surface area contributed by atoms with Gasteiger partial charge in [-0.3, -0.25) is 23.2 Å². The van der Waals surface area contributed by atoms with Gasteiger partial charge >= 0.3 is 23.5 Å². The molecule has 0 aromatic carbocycles. The maximum absolute atomic E-state index is 12.7. The Morgan fingerprint density at radius 2 is 1.84 bits per heavy atom. The lowest BCUT2D eigenvalue weighted by Crippen LogP contribution is -2.46. The van der Waals surface area contributed by atoms with Gasteiger partial charge in [-0.1, -0.05) is 20.8 Å². The second-order valence-electron chi connectivity index (χ2n) is 11.8. The first-order valence-electron chi connectivity index (χ1n) is 15.0. The fraction of sp³-hybridized carbons (Fsp3) is 0.708. The lowest BCUT2D eigenvalue weighted by molar-refractivity contribution is -0.137. The van der Waals surface area contributed by atoms with Gasteiger partial charge in [-0.25, -0.2) is 18.7 Å². The SMILES string of the molecule is CCc1cnc(N)c2c1N(C1OC(COP(=O)(O)OP(=O)(O)OCC(C)(C)C(O)C(=O)NCCC(=O)NCCS)C(OP(=O)(O)O)C1O)CN2. The summed E-state index contributed by atoms with van der Waals surface area (Å²) in [6.45, 7) is 2.65. The third kappa shape index (κ3) is 11.5. The minimum atomic E-state index is -5.52. The Morgan fingerprint density at radius 1 is 1.18 bits per heavy atom. The zero-order chi connectivity index (χ0) is 37.7. The van der Waals surface area contributed by atoms with Gasteiger partial charge in [0.25, 0.3) is 0 Å². The maximum atomic E-state index is 12.7. The van der Waals surface area contributed by atoms with Crippen LogP contribution in [0.3, 0.4) is 0 Å². The number of carbonyl (C=O) groups excluding carboxylic acids is 2. The van der Waals surface area contributed by atoms with E-state index in [1.165, 1.54) is 24.9 Å². The number of pyridine rings is 1. The summed E-state index contributed by atoms with van der Waals surface area (Å²) in [7, 11) is -16.3. The number of aliphatic hydroxyl groups is 2. The molecule has 0 bridgehead atoms. The predicted molar refractivity (Wildman–Crippen MR) is 177 cm³/mol. The summed E-state index contributed by atoms with van der Waals surface area (Å²) in [6, 6.07) is 0. The summed E-state index contributed by atoms with van der Waals surface area (Å²) >= 11 is 3.96. The molecule has 7 unspecified atom stereocenters. The van der Waals surface area contributed by atoms with Crippen molar-refractivity contribution in [3.05, 3.63) is 11.8 Å². The van der Waals surface area contributed by atoms with Gasteiger partial charge in [0.2, 0.25) is 11.8 Å². The molecule has 1 aromatic heterocycles. The number of aliphatic hydroxyl groups excluding tert-OH is 2. The molecular formula is C24H43N6O16P3S. The molecular weight excluding hydrogens is 753 g/mol. The van der Waals surface area contributed by atoms with Crippen molar-refractivity contribution in [3.8, 4) is 0 Å². The van der Waals surface area contributed by atoms with Gasteiger partial charge in [0, 0.05) is 36.9 Å². The third-order valence-corrected chi connectivity index (χ3v) is 10.7. The molecule has 2 aliphatic rings. The zero-order valence-electron chi connectivity index (χ0n) is 27.1. The van der Waals surface area contributed by atoms with Crippen LogP contribution >= 0.6 is 36.1 Å². The summed E-state index contributed by atoms with van der Waals surface area (Å²) in [5.74, 6) is -0.757. The number of thiol groups is 1. The van der Waals surface area contributed by atoms with Crippen LogP contribution in [0.1, 0.15) is 32.8 Å². The van der Waals surface area contributed by atoms with Gasteiger partial charge in [-0.05, 0) is 12.0 Å². The number of hydrogen-bond donors (Lipinski definition) is 11. The van der Waals surface area contributed by atoms with E-state index in [9.17, 15) is 53.1 Å². The van der Waals surface area contributed by atoms with E-state index in [0.717, 1.165) is 0 Å². The van der Waals surface area contributed by atoms with Crippen LogP contribution in [0, 0.1) is 5.41 Å². The number of fused-ring (bicyclic) bond motifs is 1. The fourth-order valence-electron chi connectivity index (χ4n) is 4.88. The molecule has 50 heavy (non-hydrogen) atoms. The minimum absolute atomic E-state index is 0.00335. The Kier molecular flexibility index (Phi) is 14.7. The van der Waals surface area contributed by atoms with Gasteiger partial charge < -0.3 is 61.1 Å². The van der Waals surface area contributed by atoms with Crippen molar-refractivity contribution in [3.63, 3.8) is 0 Å². The average molecular weight is 797 g/mol. The topological polar surface area (TPSA) is 331 Å². The average Bonchev–Trinajstić information content (AvgIpc) is 3.58. The molecule has 0 saturated carbocycles. The van der Waals surface area contributed by atoms with E-state index in [2.05, 4.69) is 37.9 Å². The number of phosphoric acid groups is 3. The molecule has 1 fully saturated rings. The minimum Gasteiger partial charge on any atom is -0.386 e. The van der Waals surface area contributed by atoms with Crippen LogP contribution in [0.4, 0.5) is 17.2 Å². The first-order valence-corrected chi connectivity index (χ1v) is 20.1. The highest BCUT2D eigenvalue weighted by Gasteiger charge is 2.52. The van der Waals surface area contributed by atoms with Gasteiger partial charge in [-0.15, -0.1) is 0 Å². The Bertz CT molecular complexity index is 1520. The van der Waals surface area contributed by atoms with Crippen molar-refractivity contribution in [2.75, 3.05) is 54.7 Å². The number of carbonyl (C=O) groups is 2. The predicted octanol–water partition coefficient (Wildman–Crippen LogP) is -0.831. The van der Waals surface area contributed by atoms with Crippen LogP contribution in [0.25, 0.3) is 0 Å². The molecule has 3 rings (SSSR count). The lowest BCUT2D eigenvalue weighted by Gasteiger charge is -2.30. The Hall–Kier alpha value is -1.91. The number of aromatic nitrogens is 1. The number of aryl methyl sites for hydroxylation is 1. The molecule has 2 amide bonds. The van der Waals surface area contributed by atoms with Crippen LogP contribution in [-0.4, -0.2) is 116 Å². The van der Waals surface area contributed by atoms with Crippen LogP contribution in [-0.2, 0) is 52.3 Å². The molecule has 1 aromatic rings. The van der Waals surface area contributed by atoms with Crippen molar-refractivity contribution in [2.24, 2.45) is 5.41 Å². The maximum Gasteiger partial charge on any atom is 0.481 e. The molecule has 3 heterocycles. The number of ether oxygens (including phenoxy) is 1. The quantitative estimate of drug-likeness (QED) is 0.0601. The standard InChI is InChI=1S/C24H43N6O16P3S/c1-4-13-9-28-21(25)16-17(13)30(12-29-16)23-18(32)19(45-47(35,36)37)14(44-23)10-42-48(38,39)46-49(40,41)43-11-24(2,3)20(33)22(34)27-6-5-15(31)26-7-8-50/h9,14,18-20,23,29,32-33,50H,4-8,10-12H2,1-3H3,(H2,25,28)(H,26,31)(H,27,34)(H,38,39)(H,40,41)(H2,35,36,37). The van der Waals surface area contributed by atoms with E-state index < -0.39 is 78.6 Å². The first kappa shape index (κ1) is 42.5. The summed E-state index contributed by atoms with van der Waals surface area (Å²) in [5, 5.41) is 29.4. The van der Waals surface area contributed by atoms with Gasteiger partial charge in [-0.2, -0.15) is 16.9 Å². The monoisotopic (exact) mass is 796 g/mol. The smallest absolute Gasteiger partial charge is 0.386 e. The number of hydrogen-bond acceptors (Lipinski definition) is 17. The fourth-order valence-corrected chi connectivity index (χ4v) is 7.82. The zero-order valence-corrected chi connectivity index (χ0v) is 30.7. The molecule has 7 atom stereocenters. The van der Waals surface area contributed by atoms with E-state index in [4.69, 9.17) is 24.0 Å². The van der Waals surface area contributed by atoms with Gasteiger partial charge in [0.15, 0.2) is 6.23 Å². The van der Waals surface area contributed by atoms with Crippen molar-refractivity contribution in [2.45, 2.75) is 64.3 Å². The van der Waals surface area contributed by atoms with E-state index >= 15 is 0 Å². The molecule has 22 nitrogen and oxygen atoms in total. The summed E-state index contributed by atoms with van der Waals surface area (Å²) in [5.41, 5.74) is 5.97. The number of nitrogens with one attached hydrogen (secondary N) is 3. The number of rotatable bonds is 19. The van der Waals surface area contributed by atoms with Gasteiger partial charge in [0.1, 0.15) is 35.9 Å². The second kappa shape index (κ2) is 17.3. The van der Waals surface area contributed by atoms with Crippen LogP contribution in [0.15, 0.2) is 6.20 Å². The second-order valence-corrected chi connectivity index (χ2v) is 16.4. The largest absolute Gasteiger partial charge is 0.481 e. The normalized spacial score (nSPS) is 23.8. The van der Waals surface area contributed by atoms with Crippen molar-refractivity contribution in [1.82, 2.24) is 15.6 Å². The Balaban J connectivity index is 1.62. The molecule has 0 radical (unpaired) electrons. The summed E-state index contributed by atoms with van der Waals surface area (Å²) in [6.07, 6.45) is -6.60.